The normalized spacial score (nSPS) is 10.1. The van der Waals surface area contributed by atoms with Gasteiger partial charge in [-0.25, -0.2) is 9.59 Å². The van der Waals surface area contributed by atoms with Crippen molar-refractivity contribution in [2.75, 3.05) is 13.2 Å². The van der Waals surface area contributed by atoms with E-state index >= 15 is 0 Å². The summed E-state index contributed by atoms with van der Waals surface area (Å²) in [5.41, 5.74) is -0.254. The van der Waals surface area contributed by atoms with Crippen molar-refractivity contribution in [2.45, 2.75) is 20.0 Å². The number of hydrogen-bond acceptors (Lipinski definition) is 5. The maximum Gasteiger partial charge on any atom is 0.387 e. The zero-order chi connectivity index (χ0) is 17.2. The molecule has 0 atom stereocenters. The lowest BCUT2D eigenvalue weighted by Crippen LogP contribution is -2.41. The number of benzene rings is 1. The van der Waals surface area contributed by atoms with Crippen LogP contribution in [-0.4, -0.2) is 37.7 Å². The molecule has 0 unspecified atom stereocenters. The number of hydrogen-bond donors (Lipinski definition) is 2. The third-order valence-corrected chi connectivity index (χ3v) is 2.45. The Morgan fingerprint density at radius 3 is 2.57 bits per heavy atom. The molecular weight excluding hydrogens is 314 g/mol. The van der Waals surface area contributed by atoms with Crippen LogP contribution in [0.2, 0.25) is 0 Å². The molecule has 0 aliphatic rings. The van der Waals surface area contributed by atoms with E-state index in [1.165, 1.54) is 24.3 Å². The summed E-state index contributed by atoms with van der Waals surface area (Å²) in [6.07, 6.45) is 0.692. The van der Waals surface area contributed by atoms with Crippen LogP contribution in [0.5, 0.6) is 5.75 Å². The molecule has 23 heavy (non-hydrogen) atoms. The number of ether oxygens (including phenoxy) is 2. The minimum absolute atomic E-state index is 0.254. The Bertz CT molecular complexity index is 566. The van der Waals surface area contributed by atoms with Gasteiger partial charge in [0.2, 0.25) is 0 Å². The summed E-state index contributed by atoms with van der Waals surface area (Å²) < 4.78 is 33.3. The van der Waals surface area contributed by atoms with Gasteiger partial charge in [0.05, 0.1) is 0 Å². The monoisotopic (exact) mass is 330 g/mol. The van der Waals surface area contributed by atoms with Gasteiger partial charge in [0, 0.05) is 6.54 Å². The number of para-hydroxylation sites is 1. The van der Waals surface area contributed by atoms with Gasteiger partial charge in [-0.05, 0) is 18.6 Å². The van der Waals surface area contributed by atoms with Gasteiger partial charge in [-0.2, -0.15) is 8.78 Å². The topological polar surface area (TPSA) is 93.7 Å². The second-order valence-corrected chi connectivity index (χ2v) is 4.25. The number of esters is 1. The number of urea groups is 1. The van der Waals surface area contributed by atoms with E-state index in [9.17, 15) is 23.2 Å². The van der Waals surface area contributed by atoms with E-state index in [0.29, 0.717) is 13.0 Å². The van der Waals surface area contributed by atoms with Crippen LogP contribution in [0.15, 0.2) is 24.3 Å². The highest BCUT2D eigenvalue weighted by molar-refractivity contribution is 5.97. The molecule has 7 nitrogen and oxygen atoms in total. The van der Waals surface area contributed by atoms with Gasteiger partial charge in [-0.15, -0.1) is 0 Å². The smallest absolute Gasteiger partial charge is 0.387 e. The molecule has 0 aliphatic carbocycles. The number of rotatable bonds is 7. The van der Waals surface area contributed by atoms with E-state index < -0.39 is 31.1 Å². The van der Waals surface area contributed by atoms with Crippen LogP contribution in [-0.2, 0) is 9.53 Å². The highest BCUT2D eigenvalue weighted by atomic mass is 19.3. The van der Waals surface area contributed by atoms with Crippen molar-refractivity contribution in [2.24, 2.45) is 0 Å². The fraction of sp³-hybridized carbons (Fsp3) is 0.357. The third-order valence-electron chi connectivity index (χ3n) is 2.45. The first-order valence-electron chi connectivity index (χ1n) is 6.72. The first-order valence-corrected chi connectivity index (χ1v) is 6.72. The highest BCUT2D eigenvalue weighted by Gasteiger charge is 2.18. The van der Waals surface area contributed by atoms with Crippen molar-refractivity contribution in [1.29, 1.82) is 0 Å². The van der Waals surface area contributed by atoms with Crippen LogP contribution >= 0.6 is 0 Å². The van der Waals surface area contributed by atoms with E-state index in [0.717, 1.165) is 0 Å². The summed E-state index contributed by atoms with van der Waals surface area (Å²) in [6.45, 7) is -1.61. The zero-order valence-electron chi connectivity index (χ0n) is 12.3. The summed E-state index contributed by atoms with van der Waals surface area (Å²) in [5, 5.41) is 4.35. The summed E-state index contributed by atoms with van der Waals surface area (Å²) in [4.78, 5) is 34.4. The average molecular weight is 330 g/mol. The average Bonchev–Trinajstić information content (AvgIpc) is 2.50. The Balaban J connectivity index is 2.54. The largest absolute Gasteiger partial charge is 0.452 e. The van der Waals surface area contributed by atoms with Gasteiger partial charge in [-0.1, -0.05) is 19.1 Å². The van der Waals surface area contributed by atoms with Crippen molar-refractivity contribution < 1.29 is 32.6 Å². The van der Waals surface area contributed by atoms with Crippen molar-refractivity contribution in [1.82, 2.24) is 10.6 Å². The molecule has 0 radical (unpaired) electrons. The van der Waals surface area contributed by atoms with Crippen molar-refractivity contribution in [3.05, 3.63) is 29.8 Å². The van der Waals surface area contributed by atoms with Crippen LogP contribution in [0.1, 0.15) is 23.7 Å². The fourth-order valence-corrected chi connectivity index (χ4v) is 1.49. The first-order chi connectivity index (χ1) is 10.9. The van der Waals surface area contributed by atoms with Crippen LogP contribution in [0.3, 0.4) is 0 Å². The van der Waals surface area contributed by atoms with E-state index in [-0.39, 0.29) is 11.3 Å². The number of halogens is 2. The molecule has 0 spiro atoms. The Kier molecular flexibility index (Phi) is 7.44. The second-order valence-electron chi connectivity index (χ2n) is 4.25. The summed E-state index contributed by atoms with van der Waals surface area (Å²) in [5.74, 6) is -2.24. The molecule has 0 bridgehead atoms. The van der Waals surface area contributed by atoms with Gasteiger partial charge < -0.3 is 14.8 Å². The predicted octanol–water partition coefficient (Wildman–Crippen LogP) is 1.68. The number of carbonyl (C=O) groups is 3. The van der Waals surface area contributed by atoms with Crippen LogP contribution in [0, 0.1) is 0 Å². The minimum Gasteiger partial charge on any atom is -0.452 e. The Labute approximate surface area is 130 Å². The summed E-state index contributed by atoms with van der Waals surface area (Å²) >= 11 is 0. The Morgan fingerprint density at radius 2 is 1.91 bits per heavy atom. The molecule has 0 fully saturated rings. The lowest BCUT2D eigenvalue weighted by Gasteiger charge is -2.10. The number of imide groups is 1. The molecule has 0 saturated carbocycles. The predicted molar refractivity (Wildman–Crippen MR) is 75.2 cm³/mol. The minimum atomic E-state index is -3.10. The molecular formula is C14H16F2N2O5. The van der Waals surface area contributed by atoms with E-state index in [4.69, 9.17) is 0 Å². The Morgan fingerprint density at radius 1 is 1.22 bits per heavy atom. The van der Waals surface area contributed by atoms with Crippen LogP contribution in [0.4, 0.5) is 13.6 Å². The van der Waals surface area contributed by atoms with E-state index in [1.807, 2.05) is 12.2 Å². The number of nitrogens with one attached hydrogen (secondary N) is 2. The quantitative estimate of drug-likeness (QED) is 0.742. The summed E-state index contributed by atoms with van der Waals surface area (Å²) in [6, 6.07) is 4.49. The number of carbonyl (C=O) groups excluding carboxylic acids is 3. The van der Waals surface area contributed by atoms with Gasteiger partial charge >= 0.3 is 18.6 Å². The first kappa shape index (κ1) is 18.3. The molecule has 1 aromatic rings. The molecule has 126 valence electrons. The lowest BCUT2D eigenvalue weighted by molar-refractivity contribution is -0.123. The highest BCUT2D eigenvalue weighted by Crippen LogP contribution is 2.20. The molecule has 1 aromatic carbocycles. The Hall–Kier alpha value is -2.71. The molecule has 3 amide bonds. The van der Waals surface area contributed by atoms with E-state index in [1.54, 1.807) is 0 Å². The molecule has 9 heteroatoms. The van der Waals surface area contributed by atoms with E-state index in [2.05, 4.69) is 14.8 Å². The molecule has 0 aromatic heterocycles. The zero-order valence-corrected chi connectivity index (χ0v) is 12.3. The van der Waals surface area contributed by atoms with Gasteiger partial charge in [0.1, 0.15) is 11.3 Å². The second kappa shape index (κ2) is 9.34. The van der Waals surface area contributed by atoms with Crippen LogP contribution < -0.4 is 15.4 Å². The molecule has 1 rings (SSSR count). The maximum atomic E-state index is 12.2. The van der Waals surface area contributed by atoms with Crippen LogP contribution in [0.25, 0.3) is 0 Å². The summed E-state index contributed by atoms with van der Waals surface area (Å²) in [7, 11) is 0. The maximum absolute atomic E-state index is 12.2. The number of amides is 3. The molecule has 0 aliphatic heterocycles. The SMILES string of the molecule is CCCNC(=O)NC(=O)COC(=O)c1ccccc1OC(F)F. The van der Waals surface area contributed by atoms with Crippen molar-refractivity contribution in [3.63, 3.8) is 0 Å². The lowest BCUT2D eigenvalue weighted by atomic mass is 10.2. The fourth-order valence-electron chi connectivity index (χ4n) is 1.49. The van der Waals surface area contributed by atoms with Gasteiger partial charge in [0.25, 0.3) is 5.91 Å². The number of alkyl halides is 2. The third kappa shape index (κ3) is 6.72. The molecule has 0 heterocycles. The standard InChI is InChI=1S/C14H16F2N2O5/c1-2-7-17-14(21)18-11(19)8-22-12(20)9-5-3-4-6-10(9)23-13(15)16/h3-6,13H,2,7-8H2,1H3,(H2,17,18,19,21). The van der Waals surface area contributed by atoms with Crippen molar-refractivity contribution >= 4 is 17.9 Å². The van der Waals surface area contributed by atoms with Gasteiger partial charge in [-0.3, -0.25) is 10.1 Å². The van der Waals surface area contributed by atoms with Crippen molar-refractivity contribution in [3.8, 4) is 5.75 Å². The molecule has 2 N–H and O–H groups in total. The molecule has 0 saturated heterocycles. The van der Waals surface area contributed by atoms with Gasteiger partial charge in [0.15, 0.2) is 6.61 Å².